The SMILES string of the molecule is CN=C(NCc1cccc(Cn2ccnc2C)c1)N1CC=C(c2ccccc2)CC1. The maximum Gasteiger partial charge on any atom is 0.194 e. The van der Waals surface area contributed by atoms with Crippen LogP contribution in [0.25, 0.3) is 5.57 Å². The molecule has 1 aromatic heterocycles. The van der Waals surface area contributed by atoms with Crippen LogP contribution in [0.1, 0.15) is 28.9 Å². The summed E-state index contributed by atoms with van der Waals surface area (Å²) in [5.74, 6) is 1.99. The first-order valence-electron chi connectivity index (χ1n) is 10.5. The number of imidazole rings is 1. The van der Waals surface area contributed by atoms with Crippen molar-refractivity contribution in [3.8, 4) is 0 Å². The molecule has 0 fully saturated rings. The number of aliphatic imine (C=N–C) groups is 1. The van der Waals surface area contributed by atoms with Crippen molar-refractivity contribution >= 4 is 11.5 Å². The van der Waals surface area contributed by atoms with Gasteiger partial charge in [0.1, 0.15) is 5.82 Å². The molecule has 0 amide bonds. The van der Waals surface area contributed by atoms with Gasteiger partial charge in [0.25, 0.3) is 0 Å². The molecule has 1 aliphatic heterocycles. The molecule has 2 heterocycles. The molecule has 0 atom stereocenters. The van der Waals surface area contributed by atoms with E-state index in [0.717, 1.165) is 44.4 Å². The monoisotopic (exact) mass is 399 g/mol. The van der Waals surface area contributed by atoms with Gasteiger partial charge in [-0.3, -0.25) is 4.99 Å². The van der Waals surface area contributed by atoms with Gasteiger partial charge in [0.15, 0.2) is 5.96 Å². The van der Waals surface area contributed by atoms with E-state index in [4.69, 9.17) is 0 Å². The van der Waals surface area contributed by atoms with Crippen LogP contribution in [0.3, 0.4) is 0 Å². The Kier molecular flexibility index (Phi) is 6.28. The molecule has 1 N–H and O–H groups in total. The van der Waals surface area contributed by atoms with Gasteiger partial charge in [-0.15, -0.1) is 0 Å². The highest BCUT2D eigenvalue weighted by Crippen LogP contribution is 2.22. The predicted molar refractivity (Wildman–Crippen MR) is 123 cm³/mol. The lowest BCUT2D eigenvalue weighted by atomic mass is 10.00. The quantitative estimate of drug-likeness (QED) is 0.519. The van der Waals surface area contributed by atoms with Crippen molar-refractivity contribution in [2.24, 2.45) is 4.99 Å². The predicted octanol–water partition coefficient (Wildman–Crippen LogP) is 4.10. The van der Waals surface area contributed by atoms with E-state index in [1.165, 1.54) is 22.3 Å². The van der Waals surface area contributed by atoms with Crippen LogP contribution in [0.2, 0.25) is 0 Å². The van der Waals surface area contributed by atoms with E-state index in [9.17, 15) is 0 Å². The molecule has 0 radical (unpaired) electrons. The van der Waals surface area contributed by atoms with Gasteiger partial charge in [-0.25, -0.2) is 4.98 Å². The molecule has 0 unspecified atom stereocenters. The number of guanidine groups is 1. The van der Waals surface area contributed by atoms with Gasteiger partial charge in [0.2, 0.25) is 0 Å². The number of aromatic nitrogens is 2. The van der Waals surface area contributed by atoms with Crippen molar-refractivity contribution in [3.05, 3.63) is 95.6 Å². The second-order valence-electron chi connectivity index (χ2n) is 7.61. The van der Waals surface area contributed by atoms with Crippen molar-refractivity contribution in [1.29, 1.82) is 0 Å². The summed E-state index contributed by atoms with van der Waals surface area (Å²) < 4.78 is 2.16. The van der Waals surface area contributed by atoms with Crippen LogP contribution in [0.5, 0.6) is 0 Å². The summed E-state index contributed by atoms with van der Waals surface area (Å²) in [6.45, 7) is 5.48. The van der Waals surface area contributed by atoms with Gasteiger partial charge in [-0.05, 0) is 35.6 Å². The second-order valence-corrected chi connectivity index (χ2v) is 7.61. The first kappa shape index (κ1) is 20.0. The number of hydrogen-bond donors (Lipinski definition) is 1. The molecule has 154 valence electrons. The third kappa shape index (κ3) is 4.79. The van der Waals surface area contributed by atoms with Crippen molar-refractivity contribution in [3.63, 3.8) is 0 Å². The normalized spacial score (nSPS) is 14.5. The van der Waals surface area contributed by atoms with E-state index < -0.39 is 0 Å². The van der Waals surface area contributed by atoms with Gasteiger partial charge in [-0.2, -0.15) is 0 Å². The molecule has 1 aliphatic rings. The number of benzene rings is 2. The Morgan fingerprint density at radius 3 is 2.63 bits per heavy atom. The zero-order valence-corrected chi connectivity index (χ0v) is 17.8. The summed E-state index contributed by atoms with van der Waals surface area (Å²) in [6.07, 6.45) is 7.22. The third-order valence-corrected chi connectivity index (χ3v) is 5.58. The van der Waals surface area contributed by atoms with Gasteiger partial charge < -0.3 is 14.8 Å². The van der Waals surface area contributed by atoms with Crippen LogP contribution in [-0.2, 0) is 13.1 Å². The van der Waals surface area contributed by atoms with Crippen molar-refractivity contribution in [1.82, 2.24) is 19.8 Å². The van der Waals surface area contributed by atoms with E-state index in [-0.39, 0.29) is 0 Å². The number of hydrogen-bond acceptors (Lipinski definition) is 2. The molecule has 0 saturated heterocycles. The van der Waals surface area contributed by atoms with Crippen LogP contribution < -0.4 is 5.32 Å². The lowest BCUT2D eigenvalue weighted by Crippen LogP contribution is -2.43. The molecule has 0 aliphatic carbocycles. The fraction of sp³-hybridized carbons (Fsp3) is 0.280. The van der Waals surface area contributed by atoms with Crippen LogP contribution in [0.15, 0.2) is 78.1 Å². The largest absolute Gasteiger partial charge is 0.352 e. The summed E-state index contributed by atoms with van der Waals surface area (Å²) in [4.78, 5) is 11.1. The van der Waals surface area contributed by atoms with Gasteiger partial charge in [0.05, 0.1) is 0 Å². The zero-order chi connectivity index (χ0) is 20.8. The molecule has 30 heavy (non-hydrogen) atoms. The average molecular weight is 400 g/mol. The summed E-state index contributed by atoms with van der Waals surface area (Å²) in [5.41, 5.74) is 5.28. The second kappa shape index (κ2) is 9.44. The summed E-state index contributed by atoms with van der Waals surface area (Å²) in [6, 6.07) is 19.3. The van der Waals surface area contributed by atoms with E-state index >= 15 is 0 Å². The highest BCUT2D eigenvalue weighted by molar-refractivity contribution is 5.81. The summed E-state index contributed by atoms with van der Waals surface area (Å²) in [7, 11) is 1.86. The fourth-order valence-electron chi connectivity index (χ4n) is 3.89. The molecule has 2 aromatic carbocycles. The Hall–Kier alpha value is -3.34. The Labute approximate surface area is 178 Å². The Morgan fingerprint density at radius 1 is 1.10 bits per heavy atom. The highest BCUT2D eigenvalue weighted by atomic mass is 15.3. The molecule has 0 saturated carbocycles. The topological polar surface area (TPSA) is 45.5 Å². The molecule has 4 rings (SSSR count). The first-order chi connectivity index (χ1) is 14.7. The number of nitrogens with zero attached hydrogens (tertiary/aromatic N) is 4. The van der Waals surface area contributed by atoms with Crippen molar-refractivity contribution in [2.75, 3.05) is 20.1 Å². The molecule has 5 nitrogen and oxygen atoms in total. The van der Waals surface area contributed by atoms with Gasteiger partial charge >= 0.3 is 0 Å². The maximum atomic E-state index is 4.51. The Bertz CT molecular complexity index is 1030. The van der Waals surface area contributed by atoms with Crippen LogP contribution in [-0.4, -0.2) is 40.5 Å². The lowest BCUT2D eigenvalue weighted by Gasteiger charge is -2.30. The first-order valence-corrected chi connectivity index (χ1v) is 10.5. The highest BCUT2D eigenvalue weighted by Gasteiger charge is 2.16. The minimum atomic E-state index is 0.759. The minimum absolute atomic E-state index is 0.759. The number of rotatable bonds is 5. The third-order valence-electron chi connectivity index (χ3n) is 5.58. The van der Waals surface area contributed by atoms with E-state index in [1.807, 2.05) is 26.4 Å². The molecule has 0 bridgehead atoms. The smallest absolute Gasteiger partial charge is 0.194 e. The van der Waals surface area contributed by atoms with Crippen molar-refractivity contribution < 1.29 is 0 Å². The lowest BCUT2D eigenvalue weighted by molar-refractivity contribution is 0.440. The minimum Gasteiger partial charge on any atom is -0.352 e. The van der Waals surface area contributed by atoms with Crippen LogP contribution in [0.4, 0.5) is 0 Å². The van der Waals surface area contributed by atoms with E-state index in [2.05, 4.69) is 85.4 Å². The molecular weight excluding hydrogens is 370 g/mol. The molecular formula is C25H29N5. The van der Waals surface area contributed by atoms with Gasteiger partial charge in [-0.1, -0.05) is 60.7 Å². The molecule has 0 spiro atoms. The van der Waals surface area contributed by atoms with Crippen molar-refractivity contribution in [2.45, 2.75) is 26.4 Å². The van der Waals surface area contributed by atoms with Crippen LogP contribution in [0, 0.1) is 6.92 Å². The van der Waals surface area contributed by atoms with Crippen LogP contribution >= 0.6 is 0 Å². The summed E-state index contributed by atoms with van der Waals surface area (Å²) >= 11 is 0. The summed E-state index contributed by atoms with van der Waals surface area (Å²) in [5, 5.41) is 3.54. The maximum absolute atomic E-state index is 4.51. The zero-order valence-electron chi connectivity index (χ0n) is 17.8. The van der Waals surface area contributed by atoms with E-state index in [1.54, 1.807) is 0 Å². The standard InChI is InChI=1S/C25H29N5/c1-20-27-13-16-30(20)19-22-8-6-7-21(17-22)18-28-25(26-2)29-14-11-24(12-15-29)23-9-4-3-5-10-23/h3-11,13,16-17H,12,14-15,18-19H2,1-2H3,(H,26,28). The fourth-order valence-corrected chi connectivity index (χ4v) is 3.89. The Morgan fingerprint density at radius 2 is 1.93 bits per heavy atom. The molecule has 5 heteroatoms. The number of nitrogens with one attached hydrogen (secondary N) is 1. The number of aryl methyl sites for hydroxylation is 1. The van der Waals surface area contributed by atoms with E-state index in [0.29, 0.717) is 0 Å². The molecule has 3 aromatic rings. The van der Waals surface area contributed by atoms with Gasteiger partial charge in [0, 0.05) is 45.6 Å². The average Bonchev–Trinajstić information content (AvgIpc) is 3.20. The Balaban J connectivity index is 1.36.